The lowest BCUT2D eigenvalue weighted by atomic mass is 10.0. The molecular formula is C26H34N4O5S. The number of nitriles is 1. The fourth-order valence-electron chi connectivity index (χ4n) is 4.12. The van der Waals surface area contributed by atoms with E-state index in [9.17, 15) is 18.3 Å². The second-order valence-corrected chi connectivity index (χ2v) is 11.5. The fraction of sp³-hybridized carbons (Fsp3) is 0.462. The maximum atomic E-state index is 13.6. The number of amides is 1. The van der Waals surface area contributed by atoms with Gasteiger partial charge in [-0.3, -0.25) is 4.79 Å². The van der Waals surface area contributed by atoms with Gasteiger partial charge in [-0.1, -0.05) is 25.1 Å². The number of carbonyl (C=O) groups is 1. The van der Waals surface area contributed by atoms with Gasteiger partial charge in [0.2, 0.25) is 15.9 Å². The number of fused-ring (bicyclic) bond motifs is 1. The fourth-order valence-corrected chi connectivity index (χ4v) is 5.95. The van der Waals surface area contributed by atoms with E-state index in [0.29, 0.717) is 5.56 Å². The van der Waals surface area contributed by atoms with E-state index in [4.69, 9.17) is 10.00 Å². The lowest BCUT2D eigenvalue weighted by Crippen LogP contribution is -2.50. The number of aliphatic hydroxyl groups is 1. The molecule has 0 spiro atoms. The van der Waals surface area contributed by atoms with Crippen LogP contribution in [0.4, 0.5) is 0 Å². The first-order chi connectivity index (χ1) is 17.0. The standard InChI is InChI=1S/C26H34N4O5S/c1-18-14-30(19(2)17-31)36(33,34)25-11-10-22(21-8-6-20(13-27)7-9-21)12-23(25)35-24(18)15-29(5)26(32)16-28(3)4/h6-12,18-19,24,31H,14-17H2,1-5H3/t18-,19-,24+/m0/s1. The summed E-state index contributed by atoms with van der Waals surface area (Å²) >= 11 is 0. The number of sulfonamides is 1. The highest BCUT2D eigenvalue weighted by molar-refractivity contribution is 7.89. The van der Waals surface area contributed by atoms with E-state index in [1.54, 1.807) is 60.2 Å². The zero-order valence-electron chi connectivity index (χ0n) is 21.4. The summed E-state index contributed by atoms with van der Waals surface area (Å²) in [5.74, 6) is -0.148. The maximum absolute atomic E-state index is 13.6. The highest BCUT2D eigenvalue weighted by Gasteiger charge is 2.38. The Morgan fingerprint density at radius 2 is 1.83 bits per heavy atom. The van der Waals surface area contributed by atoms with Gasteiger partial charge >= 0.3 is 0 Å². The number of likely N-dealkylation sites (N-methyl/N-ethyl adjacent to an activating group) is 2. The average molecular weight is 515 g/mol. The molecule has 3 rings (SSSR count). The molecule has 0 saturated heterocycles. The molecule has 9 nitrogen and oxygen atoms in total. The summed E-state index contributed by atoms with van der Waals surface area (Å²) in [5, 5.41) is 18.9. The van der Waals surface area contributed by atoms with E-state index in [2.05, 4.69) is 6.07 Å². The van der Waals surface area contributed by atoms with Gasteiger partial charge in [0.25, 0.3) is 0 Å². The van der Waals surface area contributed by atoms with E-state index in [0.717, 1.165) is 11.1 Å². The van der Waals surface area contributed by atoms with Gasteiger partial charge in [0.1, 0.15) is 16.7 Å². The molecule has 0 fully saturated rings. The second-order valence-electron chi connectivity index (χ2n) is 9.60. The molecule has 0 aromatic heterocycles. The van der Waals surface area contributed by atoms with Gasteiger partial charge in [-0.25, -0.2) is 8.42 Å². The summed E-state index contributed by atoms with van der Waals surface area (Å²) < 4.78 is 34.9. The number of nitrogens with zero attached hydrogens (tertiary/aromatic N) is 4. The van der Waals surface area contributed by atoms with Crippen LogP contribution >= 0.6 is 0 Å². The lowest BCUT2D eigenvalue weighted by molar-refractivity contribution is -0.132. The maximum Gasteiger partial charge on any atom is 0.247 e. The van der Waals surface area contributed by atoms with E-state index in [1.165, 1.54) is 10.4 Å². The summed E-state index contributed by atoms with van der Waals surface area (Å²) in [6.07, 6.45) is -0.486. The zero-order chi connectivity index (χ0) is 26.6. The molecule has 2 aromatic carbocycles. The van der Waals surface area contributed by atoms with Crippen LogP contribution < -0.4 is 4.74 Å². The zero-order valence-corrected chi connectivity index (χ0v) is 22.2. The lowest BCUT2D eigenvalue weighted by Gasteiger charge is -2.37. The predicted molar refractivity (Wildman–Crippen MR) is 137 cm³/mol. The third kappa shape index (κ3) is 6.05. The van der Waals surface area contributed by atoms with Crippen molar-refractivity contribution < 1.29 is 23.1 Å². The number of benzene rings is 2. The van der Waals surface area contributed by atoms with Crippen molar-refractivity contribution in [2.45, 2.75) is 30.9 Å². The Labute approximate surface area is 213 Å². The molecule has 0 saturated carbocycles. The van der Waals surface area contributed by atoms with Crippen molar-refractivity contribution in [2.24, 2.45) is 5.92 Å². The SMILES string of the molecule is C[C@H]1CN([C@@H](C)CO)S(=O)(=O)c2ccc(-c3ccc(C#N)cc3)cc2O[C@@H]1CN(C)C(=O)CN(C)C. The number of hydrogen-bond donors (Lipinski definition) is 1. The molecule has 0 aliphatic carbocycles. The van der Waals surface area contributed by atoms with Crippen molar-refractivity contribution in [3.05, 3.63) is 48.0 Å². The number of aliphatic hydroxyl groups excluding tert-OH is 1. The molecule has 1 N–H and O–H groups in total. The first-order valence-corrected chi connectivity index (χ1v) is 13.2. The van der Waals surface area contributed by atoms with Crippen LogP contribution in [-0.4, -0.2) is 93.1 Å². The van der Waals surface area contributed by atoms with Crippen molar-refractivity contribution in [3.63, 3.8) is 0 Å². The molecule has 0 unspecified atom stereocenters. The molecule has 194 valence electrons. The molecule has 10 heteroatoms. The summed E-state index contributed by atoms with van der Waals surface area (Å²) in [6, 6.07) is 13.4. The van der Waals surface area contributed by atoms with Crippen molar-refractivity contribution in [1.29, 1.82) is 5.26 Å². The van der Waals surface area contributed by atoms with Crippen molar-refractivity contribution >= 4 is 15.9 Å². The minimum absolute atomic E-state index is 0.0133. The first-order valence-electron chi connectivity index (χ1n) is 11.8. The first kappa shape index (κ1) is 27.6. The summed E-state index contributed by atoms with van der Waals surface area (Å²) in [4.78, 5) is 16.0. The van der Waals surface area contributed by atoms with Crippen LogP contribution in [0.15, 0.2) is 47.4 Å². The van der Waals surface area contributed by atoms with E-state index < -0.39 is 22.2 Å². The highest BCUT2D eigenvalue weighted by Crippen LogP contribution is 2.36. The molecule has 2 aromatic rings. The summed E-state index contributed by atoms with van der Waals surface area (Å²) in [6.45, 7) is 3.89. The Hall–Kier alpha value is -2.97. The van der Waals surface area contributed by atoms with Gasteiger partial charge in [0.15, 0.2) is 0 Å². The van der Waals surface area contributed by atoms with Crippen molar-refractivity contribution in [1.82, 2.24) is 14.1 Å². The molecule has 36 heavy (non-hydrogen) atoms. The largest absolute Gasteiger partial charge is 0.487 e. The van der Waals surface area contributed by atoms with Gasteiger partial charge in [-0.2, -0.15) is 9.57 Å². The topological polar surface area (TPSA) is 114 Å². The minimum Gasteiger partial charge on any atom is -0.487 e. The molecule has 1 aliphatic rings. The van der Waals surface area contributed by atoms with Crippen LogP contribution in [0, 0.1) is 17.2 Å². The Bertz CT molecular complexity index is 1220. The van der Waals surface area contributed by atoms with Crippen molar-refractivity contribution in [3.8, 4) is 22.9 Å². The van der Waals surface area contributed by atoms with Crippen LogP contribution in [0.3, 0.4) is 0 Å². The van der Waals surface area contributed by atoms with Crippen molar-refractivity contribution in [2.75, 3.05) is 47.4 Å². The van der Waals surface area contributed by atoms with Gasteiger partial charge in [-0.05, 0) is 56.4 Å². The van der Waals surface area contributed by atoms with Crippen LogP contribution in [0.5, 0.6) is 5.75 Å². The molecule has 0 bridgehead atoms. The normalized spacial score (nSPS) is 20.4. The Morgan fingerprint density at radius 3 is 2.42 bits per heavy atom. The molecular weight excluding hydrogens is 480 g/mol. The Kier molecular flexibility index (Phi) is 8.74. The number of carbonyl (C=O) groups excluding carboxylic acids is 1. The highest BCUT2D eigenvalue weighted by atomic mass is 32.2. The van der Waals surface area contributed by atoms with Crippen LogP contribution in [0.1, 0.15) is 19.4 Å². The third-order valence-electron chi connectivity index (χ3n) is 6.35. The summed E-state index contributed by atoms with van der Waals surface area (Å²) in [7, 11) is 1.39. The minimum atomic E-state index is -3.96. The van der Waals surface area contributed by atoms with Gasteiger partial charge in [-0.15, -0.1) is 0 Å². The molecule has 1 heterocycles. The predicted octanol–water partition coefficient (Wildman–Crippen LogP) is 2.01. The third-order valence-corrected chi connectivity index (χ3v) is 8.37. The second kappa shape index (κ2) is 11.4. The molecule has 0 radical (unpaired) electrons. The van der Waals surface area contributed by atoms with Crippen LogP contribution in [0.25, 0.3) is 11.1 Å². The van der Waals surface area contributed by atoms with Gasteiger partial charge in [0, 0.05) is 25.6 Å². The van der Waals surface area contributed by atoms with Gasteiger partial charge in [0.05, 0.1) is 31.3 Å². The van der Waals surface area contributed by atoms with E-state index >= 15 is 0 Å². The smallest absolute Gasteiger partial charge is 0.247 e. The number of hydrogen-bond acceptors (Lipinski definition) is 7. The number of ether oxygens (including phenoxy) is 1. The van der Waals surface area contributed by atoms with Gasteiger partial charge < -0.3 is 19.6 Å². The molecule has 1 aliphatic heterocycles. The Morgan fingerprint density at radius 1 is 1.19 bits per heavy atom. The Balaban J connectivity index is 2.07. The van der Waals surface area contributed by atoms with Crippen LogP contribution in [-0.2, 0) is 14.8 Å². The number of rotatable bonds is 7. The summed E-state index contributed by atoms with van der Waals surface area (Å²) in [5.41, 5.74) is 2.07. The average Bonchev–Trinajstić information content (AvgIpc) is 2.85. The monoisotopic (exact) mass is 514 g/mol. The molecule has 1 amide bonds. The van der Waals surface area contributed by atoms with E-state index in [1.807, 2.05) is 21.0 Å². The van der Waals surface area contributed by atoms with Crippen LogP contribution in [0.2, 0.25) is 0 Å². The molecule has 3 atom stereocenters. The quantitative estimate of drug-likeness (QED) is 0.601. The van der Waals surface area contributed by atoms with E-state index in [-0.39, 0.29) is 48.7 Å².